The molecule has 1 atom stereocenters. The lowest BCUT2D eigenvalue weighted by Crippen LogP contribution is -2.51. The van der Waals surface area contributed by atoms with E-state index in [9.17, 15) is 0 Å². The zero-order valence-electron chi connectivity index (χ0n) is 10.7. The Bertz CT molecular complexity index is 378. The van der Waals surface area contributed by atoms with Crippen LogP contribution in [-0.4, -0.2) is 8.07 Å². The van der Waals surface area contributed by atoms with E-state index in [4.69, 9.17) is 0 Å². The molecule has 0 fully saturated rings. The van der Waals surface area contributed by atoms with Gasteiger partial charge in [-0.2, -0.15) is 0 Å². The van der Waals surface area contributed by atoms with Gasteiger partial charge in [0.25, 0.3) is 0 Å². The van der Waals surface area contributed by atoms with Crippen molar-refractivity contribution in [3.8, 4) is 0 Å². The number of rotatable bonds is 2. The summed E-state index contributed by atoms with van der Waals surface area (Å²) in [5.41, 5.74) is 0. The maximum absolute atomic E-state index is 2.51. The predicted molar refractivity (Wildman–Crippen MR) is 74.9 cm³/mol. The van der Waals surface area contributed by atoms with Crippen molar-refractivity contribution in [3.05, 3.63) is 42.5 Å². The van der Waals surface area contributed by atoms with Gasteiger partial charge >= 0.3 is 0 Å². The fourth-order valence-electron chi connectivity index (χ4n) is 2.72. The van der Waals surface area contributed by atoms with Crippen LogP contribution in [0.5, 0.6) is 0 Å². The van der Waals surface area contributed by atoms with Crippen LogP contribution in [0.15, 0.2) is 42.5 Å². The first-order valence-electron chi connectivity index (χ1n) is 6.29. The third kappa shape index (κ3) is 1.89. The van der Waals surface area contributed by atoms with Gasteiger partial charge in [-0.1, -0.05) is 67.7 Å². The first-order valence-corrected chi connectivity index (χ1v) is 9.29. The number of allylic oxidation sites excluding steroid dienone is 2. The Morgan fingerprint density at radius 1 is 1.12 bits per heavy atom. The molecule has 86 valence electrons. The molecule has 1 heteroatoms. The molecule has 0 radical (unpaired) electrons. The lowest BCUT2D eigenvalue weighted by molar-refractivity contribution is 0.585. The molecule has 1 aliphatic rings. The van der Waals surface area contributed by atoms with Crippen molar-refractivity contribution >= 4 is 13.3 Å². The molecule has 0 aliphatic heterocycles. The maximum atomic E-state index is 2.51. The van der Waals surface area contributed by atoms with E-state index in [1.165, 1.54) is 19.3 Å². The van der Waals surface area contributed by atoms with E-state index in [1.807, 2.05) is 0 Å². The molecule has 0 N–H and O–H groups in total. The van der Waals surface area contributed by atoms with E-state index in [2.05, 4.69) is 62.5 Å². The second-order valence-electron chi connectivity index (χ2n) is 5.70. The molecule has 0 amide bonds. The first-order chi connectivity index (χ1) is 7.56. The van der Waals surface area contributed by atoms with Gasteiger partial charge in [-0.15, -0.1) is 0 Å². The standard InChI is InChI=1S/C15H22Si/c1-15(12-8-5-9-13-15)16(2,3)14-10-6-4-7-11-14/h4,6-8,10-12H,5,9,13H2,1-3H3/t15-/m1/s1. The lowest BCUT2D eigenvalue weighted by Gasteiger charge is -2.43. The molecule has 0 bridgehead atoms. The van der Waals surface area contributed by atoms with Crippen LogP contribution in [0, 0.1) is 0 Å². The van der Waals surface area contributed by atoms with Crippen molar-refractivity contribution in [1.82, 2.24) is 0 Å². The zero-order valence-corrected chi connectivity index (χ0v) is 11.7. The molecule has 0 saturated heterocycles. The van der Waals surface area contributed by atoms with E-state index < -0.39 is 8.07 Å². The van der Waals surface area contributed by atoms with E-state index in [1.54, 1.807) is 5.19 Å². The SMILES string of the molecule is C[C@@]1([Si](C)(C)c2ccccc2)C=CCCC1. The molecular weight excluding hydrogens is 208 g/mol. The molecule has 0 nitrogen and oxygen atoms in total. The molecular formula is C15H22Si. The average Bonchev–Trinajstić information content (AvgIpc) is 2.31. The molecule has 16 heavy (non-hydrogen) atoms. The van der Waals surface area contributed by atoms with Crippen molar-refractivity contribution < 1.29 is 0 Å². The maximum Gasteiger partial charge on any atom is 0.0901 e. The largest absolute Gasteiger partial charge is 0.0901 e. The zero-order chi connectivity index (χ0) is 11.6. The van der Waals surface area contributed by atoms with E-state index in [0.29, 0.717) is 5.04 Å². The van der Waals surface area contributed by atoms with E-state index >= 15 is 0 Å². The molecule has 0 unspecified atom stereocenters. The lowest BCUT2D eigenvalue weighted by atomic mass is 9.97. The highest BCUT2D eigenvalue weighted by Crippen LogP contribution is 2.45. The summed E-state index contributed by atoms with van der Waals surface area (Å²) in [6, 6.07) is 11.1. The van der Waals surface area contributed by atoms with Gasteiger partial charge in [-0.25, -0.2) is 0 Å². The van der Waals surface area contributed by atoms with Crippen molar-refractivity contribution in [2.75, 3.05) is 0 Å². The van der Waals surface area contributed by atoms with Crippen LogP contribution in [-0.2, 0) is 0 Å². The quantitative estimate of drug-likeness (QED) is 0.530. The van der Waals surface area contributed by atoms with Gasteiger partial charge in [-0.05, 0) is 24.3 Å². The molecule has 1 aromatic carbocycles. The van der Waals surface area contributed by atoms with Gasteiger partial charge in [0.1, 0.15) is 0 Å². The second kappa shape index (κ2) is 4.21. The third-order valence-corrected chi connectivity index (χ3v) is 9.52. The Balaban J connectivity index is 2.38. The van der Waals surface area contributed by atoms with Crippen molar-refractivity contribution in [1.29, 1.82) is 0 Å². The van der Waals surface area contributed by atoms with Crippen molar-refractivity contribution in [2.24, 2.45) is 0 Å². The van der Waals surface area contributed by atoms with Gasteiger partial charge in [0.15, 0.2) is 0 Å². The summed E-state index contributed by atoms with van der Waals surface area (Å²) >= 11 is 0. The number of hydrogen-bond acceptors (Lipinski definition) is 0. The van der Waals surface area contributed by atoms with Crippen LogP contribution in [0.25, 0.3) is 0 Å². The smallest absolute Gasteiger partial charge is 0.0883 e. The van der Waals surface area contributed by atoms with Crippen LogP contribution in [0.3, 0.4) is 0 Å². The Morgan fingerprint density at radius 3 is 2.38 bits per heavy atom. The van der Waals surface area contributed by atoms with Gasteiger partial charge in [0, 0.05) is 0 Å². The summed E-state index contributed by atoms with van der Waals surface area (Å²) in [5.74, 6) is 0. The van der Waals surface area contributed by atoms with E-state index in [-0.39, 0.29) is 0 Å². The highest BCUT2D eigenvalue weighted by atomic mass is 28.3. The van der Waals surface area contributed by atoms with E-state index in [0.717, 1.165) is 0 Å². The van der Waals surface area contributed by atoms with Crippen LogP contribution in [0.1, 0.15) is 26.2 Å². The third-order valence-electron chi connectivity index (χ3n) is 4.48. The van der Waals surface area contributed by atoms with Crippen molar-refractivity contribution in [2.45, 2.75) is 44.3 Å². The van der Waals surface area contributed by atoms with Crippen LogP contribution < -0.4 is 5.19 Å². The summed E-state index contributed by atoms with van der Waals surface area (Å²) in [6.45, 7) is 7.48. The minimum absolute atomic E-state index is 0.437. The summed E-state index contributed by atoms with van der Waals surface area (Å²) in [5, 5.41) is 2.02. The summed E-state index contributed by atoms with van der Waals surface area (Å²) in [6.07, 6.45) is 8.87. The fraction of sp³-hybridized carbons (Fsp3) is 0.467. The van der Waals surface area contributed by atoms with Gasteiger partial charge in [0.05, 0.1) is 8.07 Å². The molecule has 0 aromatic heterocycles. The Morgan fingerprint density at radius 2 is 1.81 bits per heavy atom. The summed E-state index contributed by atoms with van der Waals surface area (Å²) < 4.78 is 0. The second-order valence-corrected chi connectivity index (χ2v) is 10.7. The minimum atomic E-state index is -1.39. The fourth-order valence-corrected chi connectivity index (χ4v) is 5.74. The highest BCUT2D eigenvalue weighted by Gasteiger charge is 2.42. The highest BCUT2D eigenvalue weighted by molar-refractivity contribution is 6.92. The molecule has 0 heterocycles. The average molecular weight is 230 g/mol. The molecule has 0 spiro atoms. The van der Waals surface area contributed by atoms with Crippen LogP contribution >= 0.6 is 0 Å². The predicted octanol–water partition coefficient (Wildman–Crippen LogP) is 4.10. The van der Waals surface area contributed by atoms with Gasteiger partial charge < -0.3 is 0 Å². The van der Waals surface area contributed by atoms with Gasteiger partial charge in [0.2, 0.25) is 0 Å². The molecule has 1 aliphatic carbocycles. The monoisotopic (exact) mass is 230 g/mol. The van der Waals surface area contributed by atoms with Crippen molar-refractivity contribution in [3.63, 3.8) is 0 Å². The molecule has 0 saturated carbocycles. The number of benzene rings is 1. The Kier molecular flexibility index (Phi) is 3.07. The topological polar surface area (TPSA) is 0 Å². The van der Waals surface area contributed by atoms with Crippen LogP contribution in [0.2, 0.25) is 18.1 Å². The number of hydrogen-bond donors (Lipinski definition) is 0. The molecule has 1 aromatic rings. The molecule has 2 rings (SSSR count). The Labute approximate surface area is 100 Å². The normalized spacial score (nSPS) is 25.7. The van der Waals surface area contributed by atoms with Gasteiger partial charge in [-0.3, -0.25) is 0 Å². The Hall–Kier alpha value is -0.823. The first kappa shape index (κ1) is 11.7. The minimum Gasteiger partial charge on any atom is -0.0883 e. The van der Waals surface area contributed by atoms with Crippen LogP contribution in [0.4, 0.5) is 0 Å². The summed E-state index contributed by atoms with van der Waals surface area (Å²) in [7, 11) is -1.39. The summed E-state index contributed by atoms with van der Waals surface area (Å²) in [4.78, 5) is 0.